The molecule has 0 aliphatic heterocycles. The lowest BCUT2D eigenvalue weighted by Gasteiger charge is -2.18. The lowest BCUT2D eigenvalue weighted by molar-refractivity contribution is 0.327. The van der Waals surface area contributed by atoms with E-state index in [-0.39, 0.29) is 0 Å². The molecule has 0 radical (unpaired) electrons. The third-order valence-electron chi connectivity index (χ3n) is 3.60. The average molecular weight is 284 g/mol. The Morgan fingerprint density at radius 3 is 2.58 bits per heavy atom. The van der Waals surface area contributed by atoms with Crippen LogP contribution in [0.1, 0.15) is 45.1 Å². The van der Waals surface area contributed by atoms with Crippen molar-refractivity contribution < 1.29 is 14.0 Å². The Hall–Kier alpha value is -0.630. The van der Waals surface area contributed by atoms with Crippen molar-refractivity contribution in [2.75, 3.05) is 7.11 Å². The van der Waals surface area contributed by atoms with Crippen molar-refractivity contribution >= 4 is 12.9 Å². The van der Waals surface area contributed by atoms with Crippen LogP contribution in [0, 0.1) is 5.92 Å². The summed E-state index contributed by atoms with van der Waals surface area (Å²) in [6.45, 7) is 4.37. The van der Waals surface area contributed by atoms with Gasteiger partial charge in [-0.3, -0.25) is 4.57 Å². The molecule has 1 aromatic carbocycles. The Morgan fingerprint density at radius 1 is 1.32 bits per heavy atom. The third kappa shape index (κ3) is 4.76. The molecule has 0 amide bonds. The van der Waals surface area contributed by atoms with Crippen LogP contribution in [0.2, 0.25) is 0 Å². The van der Waals surface area contributed by atoms with Crippen molar-refractivity contribution in [3.63, 3.8) is 0 Å². The normalized spacial score (nSPS) is 16.0. The fourth-order valence-corrected chi connectivity index (χ4v) is 3.31. The topological polar surface area (TPSA) is 46.5 Å². The maximum absolute atomic E-state index is 12.0. The van der Waals surface area contributed by atoms with E-state index in [0.29, 0.717) is 11.2 Å². The number of hydrogen-bond acceptors (Lipinski definition) is 2. The van der Waals surface area contributed by atoms with Crippen LogP contribution in [0.15, 0.2) is 24.3 Å². The summed E-state index contributed by atoms with van der Waals surface area (Å²) in [5, 5.41) is 0.451. The highest BCUT2D eigenvalue weighted by atomic mass is 31.2. The van der Waals surface area contributed by atoms with Crippen molar-refractivity contribution in [2.45, 2.75) is 46.0 Å². The third-order valence-corrected chi connectivity index (χ3v) is 5.14. The molecular weight excluding hydrogens is 259 g/mol. The molecule has 0 aromatic heterocycles. The number of benzene rings is 1. The van der Waals surface area contributed by atoms with E-state index in [1.54, 1.807) is 12.1 Å². The Bertz CT molecular complexity index is 431. The van der Waals surface area contributed by atoms with Gasteiger partial charge in [0.05, 0.1) is 5.30 Å². The quantitative estimate of drug-likeness (QED) is 0.736. The summed E-state index contributed by atoms with van der Waals surface area (Å²) in [5.41, 5.74) is 0.943. The van der Waals surface area contributed by atoms with Gasteiger partial charge in [-0.25, -0.2) is 0 Å². The van der Waals surface area contributed by atoms with E-state index in [2.05, 4.69) is 13.8 Å². The Labute approximate surface area is 116 Å². The zero-order chi connectivity index (χ0) is 14.3. The van der Waals surface area contributed by atoms with Crippen LogP contribution in [0.4, 0.5) is 0 Å². The molecule has 0 saturated heterocycles. The highest BCUT2D eigenvalue weighted by Gasteiger charge is 2.24. The van der Waals surface area contributed by atoms with Crippen molar-refractivity contribution in [3.8, 4) is 0 Å². The molecule has 1 aromatic rings. The summed E-state index contributed by atoms with van der Waals surface area (Å²) >= 11 is 0. The van der Waals surface area contributed by atoms with Crippen LogP contribution >= 0.6 is 7.60 Å². The Balaban J connectivity index is 2.91. The molecule has 0 fully saturated rings. The van der Waals surface area contributed by atoms with Gasteiger partial charge in [-0.1, -0.05) is 57.7 Å². The lowest BCUT2D eigenvalue weighted by Crippen LogP contribution is -2.15. The monoisotopic (exact) mass is 284 g/mol. The summed E-state index contributed by atoms with van der Waals surface area (Å²) in [4.78, 5) is 9.87. The van der Waals surface area contributed by atoms with Crippen LogP contribution in [0.25, 0.3) is 0 Å². The Morgan fingerprint density at radius 2 is 2.00 bits per heavy atom. The summed E-state index contributed by atoms with van der Waals surface area (Å²) in [6.07, 6.45) is 5.51. The highest BCUT2D eigenvalue weighted by Crippen LogP contribution is 2.41. The summed E-state index contributed by atoms with van der Waals surface area (Å²) in [6, 6.07) is 7.34. The van der Waals surface area contributed by atoms with E-state index >= 15 is 0 Å². The fraction of sp³-hybridized carbons (Fsp3) is 0.600. The molecule has 1 N–H and O–H groups in total. The molecule has 19 heavy (non-hydrogen) atoms. The minimum atomic E-state index is -3.66. The molecule has 2 unspecified atom stereocenters. The molecular formula is C15H25O3P. The molecule has 0 saturated carbocycles. The van der Waals surface area contributed by atoms with Gasteiger partial charge < -0.3 is 9.42 Å². The molecule has 0 heterocycles. The van der Waals surface area contributed by atoms with E-state index in [4.69, 9.17) is 4.52 Å². The van der Waals surface area contributed by atoms with Gasteiger partial charge in [-0.2, -0.15) is 0 Å². The average Bonchev–Trinajstić information content (AvgIpc) is 2.43. The zero-order valence-electron chi connectivity index (χ0n) is 12.1. The van der Waals surface area contributed by atoms with Gasteiger partial charge in [0.1, 0.15) is 0 Å². The largest absolute Gasteiger partial charge is 0.358 e. The fourth-order valence-electron chi connectivity index (χ4n) is 2.31. The van der Waals surface area contributed by atoms with Crippen LogP contribution < -0.4 is 5.30 Å². The predicted molar refractivity (Wildman–Crippen MR) is 79.9 cm³/mol. The summed E-state index contributed by atoms with van der Waals surface area (Å²) in [7, 11) is -2.37. The smallest absolute Gasteiger partial charge is 0.321 e. The van der Waals surface area contributed by atoms with E-state index in [1.165, 1.54) is 26.4 Å². The van der Waals surface area contributed by atoms with Crippen LogP contribution in [-0.4, -0.2) is 12.0 Å². The maximum atomic E-state index is 12.0. The molecule has 2 atom stereocenters. The van der Waals surface area contributed by atoms with Crippen LogP contribution in [0.3, 0.4) is 0 Å². The first-order chi connectivity index (χ1) is 9.05. The van der Waals surface area contributed by atoms with Crippen molar-refractivity contribution in [3.05, 3.63) is 29.8 Å². The van der Waals surface area contributed by atoms with Gasteiger partial charge in [0, 0.05) is 7.11 Å². The lowest BCUT2D eigenvalue weighted by atomic mass is 9.92. The minimum Gasteiger partial charge on any atom is -0.321 e. The molecule has 3 nitrogen and oxygen atoms in total. The summed E-state index contributed by atoms with van der Waals surface area (Å²) in [5.74, 6) is 0.568. The van der Waals surface area contributed by atoms with E-state index in [9.17, 15) is 9.46 Å². The second-order valence-electron chi connectivity index (χ2n) is 4.95. The van der Waals surface area contributed by atoms with Gasteiger partial charge in [0.25, 0.3) is 0 Å². The number of rotatable bonds is 8. The molecule has 0 aliphatic carbocycles. The van der Waals surface area contributed by atoms with Crippen molar-refractivity contribution in [2.24, 2.45) is 5.92 Å². The van der Waals surface area contributed by atoms with Crippen LogP contribution in [0.5, 0.6) is 0 Å². The SMILES string of the molecule is CCCCC(CC)Cc1ccccc1P(=O)(O)OC. The first-order valence-corrected chi connectivity index (χ1v) is 8.59. The minimum absolute atomic E-state index is 0.451. The van der Waals surface area contributed by atoms with Gasteiger partial charge in [0.2, 0.25) is 0 Å². The van der Waals surface area contributed by atoms with Gasteiger partial charge in [0.15, 0.2) is 0 Å². The first kappa shape index (κ1) is 16.4. The van der Waals surface area contributed by atoms with Gasteiger partial charge in [-0.05, 0) is 24.0 Å². The van der Waals surface area contributed by atoms with E-state index in [0.717, 1.165) is 18.4 Å². The zero-order valence-corrected chi connectivity index (χ0v) is 13.0. The van der Waals surface area contributed by atoms with Gasteiger partial charge in [-0.15, -0.1) is 0 Å². The highest BCUT2D eigenvalue weighted by molar-refractivity contribution is 7.61. The molecule has 1 rings (SSSR count). The predicted octanol–water partition coefficient (Wildman–Crippen LogP) is 3.90. The Kier molecular flexibility index (Phi) is 6.78. The number of unbranched alkanes of at least 4 members (excludes halogenated alkanes) is 1. The standard InChI is InChI=1S/C15H25O3P/c1-4-6-9-13(5-2)12-14-10-7-8-11-15(14)19(16,17)18-3/h7-8,10-11,13H,4-6,9,12H2,1-3H3,(H,16,17). The molecule has 4 heteroatoms. The second-order valence-corrected chi connectivity index (χ2v) is 6.84. The molecule has 108 valence electrons. The van der Waals surface area contributed by atoms with E-state index in [1.807, 2.05) is 12.1 Å². The first-order valence-electron chi connectivity index (χ1n) is 7.02. The van der Waals surface area contributed by atoms with Crippen molar-refractivity contribution in [1.29, 1.82) is 0 Å². The number of hydrogen-bond donors (Lipinski definition) is 1. The molecule has 0 spiro atoms. The maximum Gasteiger partial charge on any atom is 0.358 e. The summed E-state index contributed by atoms with van der Waals surface area (Å²) < 4.78 is 16.8. The van der Waals surface area contributed by atoms with E-state index < -0.39 is 7.60 Å². The van der Waals surface area contributed by atoms with Gasteiger partial charge >= 0.3 is 7.60 Å². The molecule has 0 aliphatic rings. The van der Waals surface area contributed by atoms with Crippen molar-refractivity contribution in [1.82, 2.24) is 0 Å². The van der Waals surface area contributed by atoms with Crippen LogP contribution in [-0.2, 0) is 15.5 Å². The molecule has 0 bridgehead atoms. The second kappa shape index (κ2) is 7.84.